The molecule has 0 bridgehead atoms. The monoisotopic (exact) mass is 354 g/mol. The van der Waals surface area contributed by atoms with Crippen molar-refractivity contribution in [2.45, 2.75) is 69.1 Å². The van der Waals surface area contributed by atoms with Crippen LogP contribution in [0.5, 0.6) is 0 Å². The van der Waals surface area contributed by atoms with Gasteiger partial charge in [0.1, 0.15) is 0 Å². The Kier molecular flexibility index (Phi) is 7.57. The summed E-state index contributed by atoms with van der Waals surface area (Å²) in [4.78, 5) is 0. The van der Waals surface area contributed by atoms with Crippen molar-refractivity contribution < 1.29 is 40.2 Å². The maximum absolute atomic E-state index is 13.0. The summed E-state index contributed by atoms with van der Waals surface area (Å²) < 4.78 is 97.6. The van der Waals surface area contributed by atoms with Gasteiger partial charge in [-0.15, -0.1) is 0 Å². The second-order valence-electron chi connectivity index (χ2n) is 5.65. The number of halogens is 7. The first-order chi connectivity index (χ1) is 10.6. The van der Waals surface area contributed by atoms with Crippen LogP contribution >= 0.6 is 0 Å². The van der Waals surface area contributed by atoms with E-state index in [1.807, 2.05) is 0 Å². The molecular formula is C14H21F7O2. The predicted octanol–water partition coefficient (Wildman–Crippen LogP) is 4.97. The summed E-state index contributed by atoms with van der Waals surface area (Å²) in [5, 5.41) is 0. The summed E-state index contributed by atoms with van der Waals surface area (Å²) >= 11 is 0. The highest BCUT2D eigenvalue weighted by Gasteiger charge is 2.72. The zero-order valence-corrected chi connectivity index (χ0v) is 12.6. The van der Waals surface area contributed by atoms with Gasteiger partial charge in [-0.05, 0) is 25.7 Å². The number of ether oxygens (including phenoxy) is 2. The van der Waals surface area contributed by atoms with Crippen LogP contribution in [-0.4, -0.2) is 43.9 Å². The zero-order chi connectivity index (χ0) is 17.6. The second-order valence-corrected chi connectivity index (χ2v) is 5.65. The molecule has 9 heteroatoms. The minimum atomic E-state index is -6.24. The molecule has 0 N–H and O–H groups in total. The Balaban J connectivity index is 2.09. The van der Waals surface area contributed by atoms with Gasteiger partial charge in [0.15, 0.2) is 0 Å². The average Bonchev–Trinajstić information content (AvgIpc) is 2.93. The highest BCUT2D eigenvalue weighted by molar-refractivity contribution is 4.90. The zero-order valence-electron chi connectivity index (χ0n) is 12.6. The average molecular weight is 354 g/mol. The first-order valence-electron chi connectivity index (χ1n) is 7.59. The Bertz CT molecular complexity index is 339. The van der Waals surface area contributed by atoms with Gasteiger partial charge in [-0.1, -0.05) is 12.8 Å². The van der Waals surface area contributed by atoms with Gasteiger partial charge in [-0.25, -0.2) is 0 Å². The van der Waals surface area contributed by atoms with Crippen molar-refractivity contribution in [3.63, 3.8) is 0 Å². The van der Waals surface area contributed by atoms with Crippen LogP contribution in [0.25, 0.3) is 0 Å². The molecule has 1 saturated heterocycles. The van der Waals surface area contributed by atoms with Gasteiger partial charge in [0.2, 0.25) is 0 Å². The highest BCUT2D eigenvalue weighted by Crippen LogP contribution is 2.48. The second kappa shape index (κ2) is 8.50. The van der Waals surface area contributed by atoms with E-state index < -0.39 is 30.9 Å². The number of hydrogen-bond donors (Lipinski definition) is 0. The molecule has 0 aromatic heterocycles. The quantitative estimate of drug-likeness (QED) is 0.408. The van der Waals surface area contributed by atoms with Crippen molar-refractivity contribution in [2.24, 2.45) is 0 Å². The standard InChI is InChI=1S/C14H21F7O2/c15-12(16,13(17,18)14(19,20)21)7-3-1-2-4-8-22-10-11-6-5-9-23-11/h11H,1-10H2. The molecule has 1 aliphatic rings. The van der Waals surface area contributed by atoms with Crippen LogP contribution in [-0.2, 0) is 9.47 Å². The lowest BCUT2D eigenvalue weighted by Crippen LogP contribution is -2.51. The molecule has 1 rings (SSSR count). The molecule has 0 amide bonds. The molecule has 0 aromatic carbocycles. The van der Waals surface area contributed by atoms with E-state index >= 15 is 0 Å². The SMILES string of the molecule is FC(F)(F)C(F)(F)C(F)(F)CCCCCCOCC1CCCO1. The molecule has 0 saturated carbocycles. The Morgan fingerprint density at radius 1 is 0.913 bits per heavy atom. The fraction of sp³-hybridized carbons (Fsp3) is 1.00. The van der Waals surface area contributed by atoms with E-state index in [0.29, 0.717) is 32.7 Å². The molecule has 1 fully saturated rings. The third-order valence-corrected chi connectivity index (χ3v) is 3.67. The highest BCUT2D eigenvalue weighted by atomic mass is 19.4. The van der Waals surface area contributed by atoms with Crippen molar-refractivity contribution in [3.8, 4) is 0 Å². The van der Waals surface area contributed by atoms with Gasteiger partial charge in [0.05, 0.1) is 12.7 Å². The topological polar surface area (TPSA) is 18.5 Å². The molecule has 1 atom stereocenters. The van der Waals surface area contributed by atoms with E-state index in [-0.39, 0.29) is 12.5 Å². The van der Waals surface area contributed by atoms with Crippen LogP contribution in [0.4, 0.5) is 30.7 Å². The molecule has 138 valence electrons. The van der Waals surface area contributed by atoms with Crippen molar-refractivity contribution >= 4 is 0 Å². The van der Waals surface area contributed by atoms with Gasteiger partial charge in [0, 0.05) is 19.6 Å². The molecule has 0 aromatic rings. The van der Waals surface area contributed by atoms with Crippen molar-refractivity contribution in [2.75, 3.05) is 19.8 Å². The maximum atomic E-state index is 13.0. The summed E-state index contributed by atoms with van der Waals surface area (Å²) in [6.07, 6.45) is -5.01. The third kappa shape index (κ3) is 6.10. The predicted molar refractivity (Wildman–Crippen MR) is 68.8 cm³/mol. The smallest absolute Gasteiger partial charge is 0.379 e. The summed E-state index contributed by atoms with van der Waals surface area (Å²) in [5.74, 6) is -11.1. The van der Waals surface area contributed by atoms with E-state index in [9.17, 15) is 30.7 Å². The number of alkyl halides is 7. The van der Waals surface area contributed by atoms with Gasteiger partial charge < -0.3 is 9.47 Å². The van der Waals surface area contributed by atoms with Crippen LogP contribution in [0.3, 0.4) is 0 Å². The third-order valence-electron chi connectivity index (χ3n) is 3.67. The van der Waals surface area contributed by atoms with Crippen LogP contribution in [0.15, 0.2) is 0 Å². The van der Waals surface area contributed by atoms with E-state index in [0.717, 1.165) is 12.8 Å². The molecule has 1 unspecified atom stereocenters. The number of rotatable bonds is 10. The molecule has 0 spiro atoms. The fourth-order valence-electron chi connectivity index (χ4n) is 2.26. The van der Waals surface area contributed by atoms with Crippen LogP contribution in [0.2, 0.25) is 0 Å². The lowest BCUT2D eigenvalue weighted by Gasteiger charge is -2.28. The molecular weight excluding hydrogens is 333 g/mol. The van der Waals surface area contributed by atoms with Gasteiger partial charge in [-0.3, -0.25) is 0 Å². The molecule has 0 radical (unpaired) electrons. The normalized spacial score (nSPS) is 20.2. The fourth-order valence-corrected chi connectivity index (χ4v) is 2.26. The van der Waals surface area contributed by atoms with Gasteiger partial charge in [-0.2, -0.15) is 30.7 Å². The Labute approximate surface area is 130 Å². The van der Waals surface area contributed by atoms with Crippen molar-refractivity contribution in [1.29, 1.82) is 0 Å². The molecule has 1 aliphatic heterocycles. The minimum absolute atomic E-state index is 0.0818. The maximum Gasteiger partial charge on any atom is 0.459 e. The number of hydrogen-bond acceptors (Lipinski definition) is 2. The minimum Gasteiger partial charge on any atom is -0.379 e. The molecule has 1 heterocycles. The Morgan fingerprint density at radius 3 is 2.13 bits per heavy atom. The summed E-state index contributed by atoms with van der Waals surface area (Å²) in [6.45, 7) is 1.55. The van der Waals surface area contributed by atoms with Crippen LogP contribution in [0.1, 0.15) is 44.9 Å². The largest absolute Gasteiger partial charge is 0.459 e. The van der Waals surface area contributed by atoms with E-state index in [1.165, 1.54) is 0 Å². The molecule has 23 heavy (non-hydrogen) atoms. The van der Waals surface area contributed by atoms with Crippen LogP contribution in [0, 0.1) is 0 Å². The first kappa shape index (κ1) is 20.5. The first-order valence-corrected chi connectivity index (χ1v) is 7.59. The van der Waals surface area contributed by atoms with E-state index in [1.54, 1.807) is 0 Å². The summed E-state index contributed by atoms with van der Waals surface area (Å²) in [6, 6.07) is 0. The lowest BCUT2D eigenvalue weighted by molar-refractivity contribution is -0.355. The molecule has 2 nitrogen and oxygen atoms in total. The van der Waals surface area contributed by atoms with Gasteiger partial charge in [0.25, 0.3) is 0 Å². The van der Waals surface area contributed by atoms with Crippen molar-refractivity contribution in [3.05, 3.63) is 0 Å². The van der Waals surface area contributed by atoms with Crippen LogP contribution < -0.4 is 0 Å². The van der Waals surface area contributed by atoms with Crippen molar-refractivity contribution in [1.82, 2.24) is 0 Å². The van der Waals surface area contributed by atoms with E-state index in [2.05, 4.69) is 0 Å². The molecule has 0 aliphatic carbocycles. The Hall–Kier alpha value is -0.570. The Morgan fingerprint density at radius 2 is 1.57 bits per heavy atom. The summed E-state index contributed by atoms with van der Waals surface area (Å²) in [7, 11) is 0. The number of unbranched alkanes of at least 4 members (excludes halogenated alkanes) is 3. The van der Waals surface area contributed by atoms with E-state index in [4.69, 9.17) is 9.47 Å². The van der Waals surface area contributed by atoms with Gasteiger partial charge >= 0.3 is 18.0 Å². The lowest BCUT2D eigenvalue weighted by atomic mass is 10.0. The summed E-state index contributed by atoms with van der Waals surface area (Å²) in [5.41, 5.74) is 0.